The minimum atomic E-state index is -1.00. The van der Waals surface area contributed by atoms with Gasteiger partial charge in [-0.05, 0) is 57.7 Å². The van der Waals surface area contributed by atoms with Crippen LogP contribution in [0.3, 0.4) is 0 Å². The molecular weight excluding hydrogens is 386 g/mol. The van der Waals surface area contributed by atoms with Crippen molar-refractivity contribution in [2.24, 2.45) is 0 Å². The molecule has 3 nitrogen and oxygen atoms in total. The van der Waals surface area contributed by atoms with E-state index in [1.165, 1.54) is 0 Å². The van der Waals surface area contributed by atoms with E-state index < -0.39 is 18.3 Å². The van der Waals surface area contributed by atoms with Crippen LogP contribution in [0, 0.1) is 0 Å². The fourth-order valence-electron chi connectivity index (χ4n) is 2.60. The fourth-order valence-corrected chi connectivity index (χ4v) is 3.12. The predicted octanol–water partition coefficient (Wildman–Crippen LogP) is 5.58. The SMILES string of the molecule is CCCOCCC(=C(F)B1OC(C)(C)C(C)(C)O1)c1ccccc1Br. The van der Waals surface area contributed by atoms with Gasteiger partial charge in [0, 0.05) is 11.1 Å². The number of hydrogen-bond acceptors (Lipinski definition) is 3. The Labute approximate surface area is 159 Å². The van der Waals surface area contributed by atoms with Crippen LogP contribution in [0.25, 0.3) is 5.57 Å². The lowest BCUT2D eigenvalue weighted by molar-refractivity contribution is 0.00578. The summed E-state index contributed by atoms with van der Waals surface area (Å²) in [5, 5.41) is 0. The Kier molecular flexibility index (Phi) is 6.88. The van der Waals surface area contributed by atoms with Crippen LogP contribution in [0.4, 0.5) is 4.39 Å². The molecule has 6 heteroatoms. The van der Waals surface area contributed by atoms with Gasteiger partial charge in [-0.2, -0.15) is 0 Å². The normalized spacial score (nSPS) is 19.9. The maximum Gasteiger partial charge on any atom is 0.525 e. The van der Waals surface area contributed by atoms with E-state index in [0.29, 0.717) is 25.2 Å². The van der Waals surface area contributed by atoms with Crippen LogP contribution >= 0.6 is 15.9 Å². The Bertz CT molecular complexity index is 615. The smallest absolute Gasteiger partial charge is 0.398 e. The third kappa shape index (κ3) is 4.73. The number of ether oxygens (including phenoxy) is 1. The summed E-state index contributed by atoms with van der Waals surface area (Å²) in [6.07, 6.45) is 1.40. The van der Waals surface area contributed by atoms with Gasteiger partial charge in [0.1, 0.15) is 5.73 Å². The molecule has 25 heavy (non-hydrogen) atoms. The van der Waals surface area contributed by atoms with Crippen molar-refractivity contribution in [3.8, 4) is 0 Å². The Balaban J connectivity index is 2.33. The van der Waals surface area contributed by atoms with Gasteiger partial charge in [-0.15, -0.1) is 0 Å². The highest BCUT2D eigenvalue weighted by molar-refractivity contribution is 9.10. The van der Waals surface area contributed by atoms with Crippen LogP contribution < -0.4 is 0 Å². The fraction of sp³-hybridized carbons (Fsp3) is 0.579. The third-order valence-electron chi connectivity index (χ3n) is 4.79. The zero-order valence-electron chi connectivity index (χ0n) is 15.7. The second kappa shape index (κ2) is 8.34. The zero-order chi connectivity index (χ0) is 18.7. The molecule has 0 aromatic heterocycles. The molecular formula is C19H27BBrFO3. The van der Waals surface area contributed by atoms with Gasteiger partial charge in [0.15, 0.2) is 0 Å². The largest absolute Gasteiger partial charge is 0.525 e. The molecule has 0 spiro atoms. The lowest BCUT2D eigenvalue weighted by Gasteiger charge is -2.32. The second-order valence-corrected chi connectivity index (χ2v) is 8.11. The summed E-state index contributed by atoms with van der Waals surface area (Å²) < 4.78 is 33.6. The van der Waals surface area contributed by atoms with Crippen LogP contribution in [0.2, 0.25) is 0 Å². The second-order valence-electron chi connectivity index (χ2n) is 7.26. The van der Waals surface area contributed by atoms with E-state index in [-0.39, 0.29) is 5.73 Å². The van der Waals surface area contributed by atoms with Gasteiger partial charge in [0.2, 0.25) is 0 Å². The van der Waals surface area contributed by atoms with Crippen LogP contribution in [-0.4, -0.2) is 31.5 Å². The first-order valence-corrected chi connectivity index (χ1v) is 9.55. The molecule has 2 rings (SSSR count). The van der Waals surface area contributed by atoms with Crippen molar-refractivity contribution >= 4 is 28.6 Å². The van der Waals surface area contributed by atoms with Crippen molar-refractivity contribution in [1.82, 2.24) is 0 Å². The van der Waals surface area contributed by atoms with Crippen molar-refractivity contribution in [3.63, 3.8) is 0 Å². The summed E-state index contributed by atoms with van der Waals surface area (Å²) in [7, 11) is -1.00. The van der Waals surface area contributed by atoms with Crippen molar-refractivity contribution in [2.75, 3.05) is 13.2 Å². The quantitative estimate of drug-likeness (QED) is 0.432. The molecule has 0 radical (unpaired) electrons. The van der Waals surface area contributed by atoms with E-state index in [0.717, 1.165) is 16.5 Å². The molecule has 1 aliphatic heterocycles. The first-order chi connectivity index (χ1) is 11.7. The maximum atomic E-state index is 15.4. The average molecular weight is 413 g/mol. The van der Waals surface area contributed by atoms with Crippen LogP contribution in [0.1, 0.15) is 53.0 Å². The van der Waals surface area contributed by atoms with Crippen molar-refractivity contribution in [3.05, 3.63) is 40.0 Å². The lowest BCUT2D eigenvalue weighted by Crippen LogP contribution is -2.41. The molecule has 0 saturated carbocycles. The van der Waals surface area contributed by atoms with Crippen molar-refractivity contribution in [2.45, 2.75) is 58.7 Å². The van der Waals surface area contributed by atoms with Crippen molar-refractivity contribution in [1.29, 1.82) is 0 Å². The molecule has 1 fully saturated rings. The molecule has 1 aromatic carbocycles. The molecule has 0 unspecified atom stereocenters. The van der Waals surface area contributed by atoms with E-state index in [2.05, 4.69) is 22.9 Å². The molecule has 1 heterocycles. The standard InChI is InChI=1S/C19H27BBrFO3/c1-6-12-23-13-11-15(14-9-7-8-10-16(14)21)17(22)20-24-18(2,3)19(4,5)25-20/h7-10H,6,11-13H2,1-5H3. The summed E-state index contributed by atoms with van der Waals surface area (Å²) in [5.41, 5.74) is -0.179. The van der Waals surface area contributed by atoms with Crippen LogP contribution in [0.15, 0.2) is 34.5 Å². The van der Waals surface area contributed by atoms with E-state index in [9.17, 15) is 0 Å². The van der Waals surface area contributed by atoms with Gasteiger partial charge in [-0.25, -0.2) is 4.39 Å². The molecule has 138 valence electrons. The van der Waals surface area contributed by atoms with Crippen LogP contribution in [0.5, 0.6) is 0 Å². The zero-order valence-corrected chi connectivity index (χ0v) is 17.3. The highest BCUT2D eigenvalue weighted by Gasteiger charge is 2.53. The number of hydrogen-bond donors (Lipinski definition) is 0. The minimum Gasteiger partial charge on any atom is -0.398 e. The molecule has 0 amide bonds. The lowest BCUT2D eigenvalue weighted by atomic mass is 9.82. The van der Waals surface area contributed by atoms with Gasteiger partial charge < -0.3 is 14.0 Å². The summed E-state index contributed by atoms with van der Waals surface area (Å²) in [6.45, 7) is 10.9. The van der Waals surface area contributed by atoms with E-state index in [1.807, 2.05) is 52.0 Å². The molecule has 1 saturated heterocycles. The van der Waals surface area contributed by atoms with Gasteiger partial charge in [0.25, 0.3) is 0 Å². The highest BCUT2D eigenvalue weighted by atomic mass is 79.9. The summed E-state index contributed by atoms with van der Waals surface area (Å²) in [4.78, 5) is 0. The molecule has 0 bridgehead atoms. The molecule has 0 N–H and O–H groups in total. The van der Waals surface area contributed by atoms with Crippen LogP contribution in [-0.2, 0) is 14.0 Å². The first-order valence-electron chi connectivity index (χ1n) is 8.76. The molecule has 0 aliphatic carbocycles. The number of benzene rings is 1. The van der Waals surface area contributed by atoms with Gasteiger partial charge >= 0.3 is 7.12 Å². The van der Waals surface area contributed by atoms with Gasteiger partial charge in [-0.1, -0.05) is 41.1 Å². The molecule has 0 atom stereocenters. The summed E-state index contributed by atoms with van der Waals surface area (Å²) in [5.74, 6) is 0. The van der Waals surface area contributed by atoms with Crippen molar-refractivity contribution < 1.29 is 18.4 Å². The third-order valence-corrected chi connectivity index (χ3v) is 5.48. The number of rotatable bonds is 7. The topological polar surface area (TPSA) is 27.7 Å². The summed E-state index contributed by atoms with van der Waals surface area (Å²) >= 11 is 3.52. The van der Waals surface area contributed by atoms with E-state index >= 15 is 4.39 Å². The van der Waals surface area contributed by atoms with E-state index in [1.54, 1.807) is 0 Å². The highest BCUT2D eigenvalue weighted by Crippen LogP contribution is 2.41. The maximum absolute atomic E-state index is 15.4. The Morgan fingerprint density at radius 2 is 1.72 bits per heavy atom. The van der Waals surface area contributed by atoms with E-state index in [4.69, 9.17) is 14.0 Å². The molecule has 1 aliphatic rings. The Morgan fingerprint density at radius 1 is 1.12 bits per heavy atom. The monoisotopic (exact) mass is 412 g/mol. The molecule has 1 aromatic rings. The predicted molar refractivity (Wildman–Crippen MR) is 104 cm³/mol. The Hall–Kier alpha value is -0.685. The minimum absolute atomic E-state index is 0.384. The van der Waals surface area contributed by atoms with Gasteiger partial charge in [0.05, 0.1) is 17.8 Å². The average Bonchev–Trinajstić information content (AvgIpc) is 2.76. The number of halogens is 2. The Morgan fingerprint density at radius 3 is 2.28 bits per heavy atom. The first kappa shape index (κ1) is 20.6. The van der Waals surface area contributed by atoms with Gasteiger partial charge in [-0.3, -0.25) is 0 Å². The summed E-state index contributed by atoms with van der Waals surface area (Å²) in [6, 6.07) is 7.60.